The summed E-state index contributed by atoms with van der Waals surface area (Å²) in [5.41, 5.74) is 0. The first-order chi connectivity index (χ1) is 3.00. The van der Waals surface area contributed by atoms with Crippen LogP contribution in [0.15, 0.2) is 0 Å². The normalized spacial score (nSPS) is 20.6. The summed E-state index contributed by atoms with van der Waals surface area (Å²) < 4.78 is 0. The molecule has 0 saturated carbocycles. The Kier molecular flexibility index (Phi) is 5.13. The molecular formula is C5H11NRh. The first kappa shape index (κ1) is 7.58. The van der Waals surface area contributed by atoms with Gasteiger partial charge in [-0.15, -0.1) is 0 Å². The molecule has 1 fully saturated rings. The predicted octanol–water partition coefficient (Wildman–Crippen LogP) is 0.757. The van der Waals surface area contributed by atoms with E-state index in [1.807, 2.05) is 0 Å². The number of rotatable bonds is 0. The molecule has 1 aliphatic rings. The molecule has 1 nitrogen and oxygen atoms in total. The standard InChI is InChI=1S/C5H11N.Rh/c1-2-4-6-5-3-1;/h6H,1-5H2;. The Balaban J connectivity index is 0.000000360. The van der Waals surface area contributed by atoms with Crippen molar-refractivity contribution >= 4 is 0 Å². The minimum absolute atomic E-state index is 0. The van der Waals surface area contributed by atoms with Crippen molar-refractivity contribution in [1.29, 1.82) is 0 Å². The Labute approximate surface area is 57.6 Å². The molecule has 0 atom stereocenters. The average Bonchev–Trinajstić information content (AvgIpc) is 1.72. The third kappa shape index (κ3) is 3.19. The second-order valence-corrected chi connectivity index (χ2v) is 1.81. The van der Waals surface area contributed by atoms with Crippen LogP contribution in [0.1, 0.15) is 19.3 Å². The van der Waals surface area contributed by atoms with E-state index >= 15 is 0 Å². The molecule has 0 aliphatic carbocycles. The Morgan fingerprint density at radius 3 is 1.57 bits per heavy atom. The number of piperidine rings is 1. The van der Waals surface area contributed by atoms with Crippen LogP contribution in [0, 0.1) is 0 Å². The van der Waals surface area contributed by atoms with E-state index in [4.69, 9.17) is 0 Å². The summed E-state index contributed by atoms with van der Waals surface area (Å²) in [4.78, 5) is 0. The van der Waals surface area contributed by atoms with Crippen molar-refractivity contribution in [3.05, 3.63) is 0 Å². The molecule has 2 heteroatoms. The Morgan fingerprint density at radius 2 is 1.43 bits per heavy atom. The van der Waals surface area contributed by atoms with E-state index in [1.54, 1.807) is 0 Å². The van der Waals surface area contributed by atoms with Crippen LogP contribution in [0.25, 0.3) is 0 Å². The van der Waals surface area contributed by atoms with Gasteiger partial charge < -0.3 is 5.32 Å². The molecule has 45 valence electrons. The molecular weight excluding hydrogens is 177 g/mol. The molecule has 0 aromatic carbocycles. The average molecular weight is 188 g/mol. The molecule has 0 spiro atoms. The molecule has 0 amide bonds. The summed E-state index contributed by atoms with van der Waals surface area (Å²) in [5.74, 6) is 0. The van der Waals surface area contributed by atoms with E-state index in [1.165, 1.54) is 32.4 Å². The van der Waals surface area contributed by atoms with Crippen molar-refractivity contribution in [3.63, 3.8) is 0 Å². The SMILES string of the molecule is C1CCNCC1.[Rh]. The van der Waals surface area contributed by atoms with E-state index in [0.29, 0.717) is 0 Å². The Morgan fingerprint density at radius 1 is 0.857 bits per heavy atom. The zero-order chi connectivity index (χ0) is 4.24. The fraction of sp³-hybridized carbons (Fsp3) is 1.00. The van der Waals surface area contributed by atoms with Crippen molar-refractivity contribution in [2.24, 2.45) is 0 Å². The van der Waals surface area contributed by atoms with Crippen LogP contribution in [-0.2, 0) is 19.5 Å². The van der Waals surface area contributed by atoms with Gasteiger partial charge in [-0.1, -0.05) is 6.42 Å². The zero-order valence-electron chi connectivity index (χ0n) is 4.37. The fourth-order valence-corrected chi connectivity index (χ4v) is 0.802. The van der Waals surface area contributed by atoms with Crippen LogP contribution >= 0.6 is 0 Å². The maximum atomic E-state index is 3.28. The first-order valence-electron chi connectivity index (χ1n) is 2.71. The maximum Gasteiger partial charge on any atom is 0 e. The third-order valence-electron chi connectivity index (χ3n) is 1.21. The van der Waals surface area contributed by atoms with Crippen LogP contribution in [-0.4, -0.2) is 13.1 Å². The van der Waals surface area contributed by atoms with Crippen LogP contribution in [0.4, 0.5) is 0 Å². The second kappa shape index (κ2) is 4.74. The van der Waals surface area contributed by atoms with Crippen molar-refractivity contribution in [3.8, 4) is 0 Å². The minimum atomic E-state index is 0. The van der Waals surface area contributed by atoms with Gasteiger partial charge in [-0.25, -0.2) is 0 Å². The molecule has 1 radical (unpaired) electrons. The van der Waals surface area contributed by atoms with E-state index in [-0.39, 0.29) is 19.5 Å². The van der Waals surface area contributed by atoms with Gasteiger partial charge in [-0.3, -0.25) is 0 Å². The van der Waals surface area contributed by atoms with Gasteiger partial charge in [0.15, 0.2) is 0 Å². The first-order valence-corrected chi connectivity index (χ1v) is 2.71. The zero-order valence-corrected chi connectivity index (χ0v) is 6.01. The largest absolute Gasteiger partial charge is 0.317 e. The molecule has 1 rings (SSSR count). The van der Waals surface area contributed by atoms with Gasteiger partial charge in [0.05, 0.1) is 0 Å². The monoisotopic (exact) mass is 188 g/mol. The maximum absolute atomic E-state index is 3.28. The van der Waals surface area contributed by atoms with E-state index in [2.05, 4.69) is 5.32 Å². The summed E-state index contributed by atoms with van der Waals surface area (Å²) in [6, 6.07) is 0. The van der Waals surface area contributed by atoms with Gasteiger partial charge in [0.25, 0.3) is 0 Å². The molecule has 7 heavy (non-hydrogen) atoms. The second-order valence-electron chi connectivity index (χ2n) is 1.81. The molecule has 0 bridgehead atoms. The molecule has 1 aliphatic heterocycles. The molecule has 1 saturated heterocycles. The number of nitrogens with one attached hydrogen (secondary N) is 1. The van der Waals surface area contributed by atoms with Crippen LogP contribution in [0.3, 0.4) is 0 Å². The Bertz CT molecular complexity index is 23.6. The fourth-order valence-electron chi connectivity index (χ4n) is 0.802. The van der Waals surface area contributed by atoms with Gasteiger partial charge >= 0.3 is 0 Å². The smallest absolute Gasteiger partial charge is 0 e. The Hall–Kier alpha value is 0.583. The van der Waals surface area contributed by atoms with Gasteiger partial charge in [0, 0.05) is 19.5 Å². The molecule has 1 heterocycles. The van der Waals surface area contributed by atoms with Crippen molar-refractivity contribution < 1.29 is 19.5 Å². The molecule has 1 N–H and O–H groups in total. The van der Waals surface area contributed by atoms with E-state index in [0.717, 1.165) is 0 Å². The quantitative estimate of drug-likeness (QED) is 0.553. The molecule has 0 unspecified atom stereocenters. The van der Waals surface area contributed by atoms with Crippen molar-refractivity contribution in [1.82, 2.24) is 5.32 Å². The minimum Gasteiger partial charge on any atom is -0.317 e. The molecule has 0 aromatic rings. The van der Waals surface area contributed by atoms with Crippen LogP contribution in [0.2, 0.25) is 0 Å². The topological polar surface area (TPSA) is 12.0 Å². The summed E-state index contributed by atoms with van der Waals surface area (Å²) in [5, 5.41) is 3.28. The van der Waals surface area contributed by atoms with Gasteiger partial charge in [-0.05, 0) is 25.9 Å². The van der Waals surface area contributed by atoms with Crippen molar-refractivity contribution in [2.45, 2.75) is 19.3 Å². The summed E-state index contributed by atoms with van der Waals surface area (Å²) in [6.45, 7) is 2.50. The summed E-state index contributed by atoms with van der Waals surface area (Å²) in [6.07, 6.45) is 4.22. The number of hydrogen-bond donors (Lipinski definition) is 1. The molecule has 0 aromatic heterocycles. The van der Waals surface area contributed by atoms with Gasteiger partial charge in [-0.2, -0.15) is 0 Å². The van der Waals surface area contributed by atoms with Gasteiger partial charge in [0.2, 0.25) is 0 Å². The number of hydrogen-bond acceptors (Lipinski definition) is 1. The predicted molar refractivity (Wildman–Crippen MR) is 26.7 cm³/mol. The van der Waals surface area contributed by atoms with E-state index in [9.17, 15) is 0 Å². The van der Waals surface area contributed by atoms with Gasteiger partial charge in [0.1, 0.15) is 0 Å². The summed E-state index contributed by atoms with van der Waals surface area (Å²) in [7, 11) is 0. The van der Waals surface area contributed by atoms with Crippen LogP contribution in [0.5, 0.6) is 0 Å². The third-order valence-corrected chi connectivity index (χ3v) is 1.21. The van der Waals surface area contributed by atoms with Crippen LogP contribution < -0.4 is 5.32 Å². The van der Waals surface area contributed by atoms with Crippen molar-refractivity contribution in [2.75, 3.05) is 13.1 Å². The van der Waals surface area contributed by atoms with E-state index < -0.39 is 0 Å². The summed E-state index contributed by atoms with van der Waals surface area (Å²) >= 11 is 0.